The van der Waals surface area contributed by atoms with Gasteiger partial charge in [-0.1, -0.05) is 36.2 Å². The highest BCUT2D eigenvalue weighted by Crippen LogP contribution is 2.23. The Kier molecular flexibility index (Phi) is 5.28. The Morgan fingerprint density at radius 3 is 2.41 bits per heavy atom. The summed E-state index contributed by atoms with van der Waals surface area (Å²) in [6.07, 6.45) is -2.53. The minimum absolute atomic E-state index is 0.0338. The molecule has 0 spiro atoms. The number of alkyl halides is 3. The van der Waals surface area contributed by atoms with E-state index in [4.69, 9.17) is 17.3 Å². The maximum absolute atomic E-state index is 12.1. The summed E-state index contributed by atoms with van der Waals surface area (Å²) in [5.41, 5.74) is 5.98. The number of halogens is 4. The number of hydrogen-bond acceptors (Lipinski definition) is 1. The first kappa shape index (κ1) is 14.3. The number of hydrogen-bond donors (Lipinski definition) is 1. The summed E-state index contributed by atoms with van der Waals surface area (Å²) in [7, 11) is 0. The van der Waals surface area contributed by atoms with Gasteiger partial charge in [0.25, 0.3) is 0 Å². The molecule has 0 aliphatic rings. The Bertz CT molecular complexity index is 352. The van der Waals surface area contributed by atoms with Gasteiger partial charge >= 0.3 is 6.18 Å². The van der Waals surface area contributed by atoms with Gasteiger partial charge in [0.1, 0.15) is 6.04 Å². The molecule has 0 aliphatic carbocycles. The van der Waals surface area contributed by atoms with Crippen LogP contribution in [0.3, 0.4) is 0 Å². The average Bonchev–Trinajstić information content (AvgIpc) is 2.25. The second-order valence-corrected chi connectivity index (χ2v) is 4.39. The van der Waals surface area contributed by atoms with Crippen LogP contribution < -0.4 is 5.73 Å². The van der Waals surface area contributed by atoms with Crippen LogP contribution in [-0.4, -0.2) is 12.2 Å². The maximum Gasteiger partial charge on any atom is 0.403 e. The van der Waals surface area contributed by atoms with Crippen molar-refractivity contribution in [1.82, 2.24) is 0 Å². The van der Waals surface area contributed by atoms with Crippen LogP contribution in [0.25, 0.3) is 0 Å². The van der Waals surface area contributed by atoms with Crippen molar-refractivity contribution < 1.29 is 13.2 Å². The van der Waals surface area contributed by atoms with Gasteiger partial charge in [-0.25, -0.2) is 0 Å². The van der Waals surface area contributed by atoms with Gasteiger partial charge in [-0.15, -0.1) is 0 Å². The Morgan fingerprint density at radius 1 is 1.18 bits per heavy atom. The van der Waals surface area contributed by atoms with Crippen molar-refractivity contribution in [3.05, 3.63) is 34.9 Å². The molecule has 0 amide bonds. The van der Waals surface area contributed by atoms with Crippen molar-refractivity contribution in [2.75, 3.05) is 0 Å². The molecule has 0 saturated heterocycles. The van der Waals surface area contributed by atoms with Crippen LogP contribution in [-0.2, 0) is 6.42 Å². The zero-order valence-electron chi connectivity index (χ0n) is 9.30. The van der Waals surface area contributed by atoms with Crippen LogP contribution in [0.2, 0.25) is 5.02 Å². The molecule has 0 aliphatic heterocycles. The highest BCUT2D eigenvalue weighted by Gasteiger charge is 2.35. The molecule has 0 bridgehead atoms. The van der Waals surface area contributed by atoms with Crippen molar-refractivity contribution in [3.8, 4) is 0 Å². The second-order valence-electron chi connectivity index (χ2n) is 3.99. The zero-order chi connectivity index (χ0) is 12.9. The average molecular weight is 266 g/mol. The number of nitrogens with two attached hydrogens (primary N) is 1. The minimum atomic E-state index is -4.29. The molecule has 0 unspecified atom stereocenters. The van der Waals surface area contributed by atoms with Gasteiger partial charge in [-0.2, -0.15) is 13.2 Å². The molecule has 1 rings (SSSR count). The lowest BCUT2D eigenvalue weighted by Crippen LogP contribution is -2.37. The van der Waals surface area contributed by atoms with Crippen molar-refractivity contribution in [1.29, 1.82) is 0 Å². The quantitative estimate of drug-likeness (QED) is 0.802. The Hall–Kier alpha value is -0.740. The SMILES string of the molecule is N[C@@H](CCCCc1ccccc1Cl)C(F)(F)F. The normalized spacial score (nSPS) is 13.7. The molecule has 1 aromatic carbocycles. The predicted molar refractivity (Wildman–Crippen MR) is 63.0 cm³/mol. The maximum atomic E-state index is 12.1. The number of rotatable bonds is 5. The van der Waals surface area contributed by atoms with Crippen molar-refractivity contribution in [2.24, 2.45) is 5.73 Å². The molecule has 17 heavy (non-hydrogen) atoms. The third-order valence-electron chi connectivity index (χ3n) is 2.59. The third-order valence-corrected chi connectivity index (χ3v) is 2.96. The van der Waals surface area contributed by atoms with Crippen LogP contribution in [0, 0.1) is 0 Å². The summed E-state index contributed by atoms with van der Waals surface area (Å²) < 4.78 is 36.4. The summed E-state index contributed by atoms with van der Waals surface area (Å²) in [6.45, 7) is 0. The summed E-state index contributed by atoms with van der Waals surface area (Å²) >= 11 is 5.93. The van der Waals surface area contributed by atoms with Crippen LogP contribution in [0.4, 0.5) is 13.2 Å². The Balaban J connectivity index is 2.28. The van der Waals surface area contributed by atoms with Crippen molar-refractivity contribution >= 4 is 11.6 Å². The van der Waals surface area contributed by atoms with E-state index in [1.807, 2.05) is 18.2 Å². The Labute approximate surface area is 104 Å². The molecular weight excluding hydrogens is 251 g/mol. The smallest absolute Gasteiger partial charge is 0.320 e. The number of aryl methyl sites for hydroxylation is 1. The molecule has 5 heteroatoms. The van der Waals surface area contributed by atoms with E-state index in [0.717, 1.165) is 5.56 Å². The van der Waals surface area contributed by atoms with E-state index in [1.54, 1.807) is 6.07 Å². The summed E-state index contributed by atoms with van der Waals surface area (Å²) in [5, 5.41) is 0.660. The van der Waals surface area contributed by atoms with E-state index in [1.165, 1.54) is 0 Å². The lowest BCUT2D eigenvalue weighted by molar-refractivity contribution is -0.149. The monoisotopic (exact) mass is 265 g/mol. The Morgan fingerprint density at radius 2 is 1.82 bits per heavy atom. The molecule has 0 heterocycles. The number of benzene rings is 1. The van der Waals surface area contributed by atoms with E-state index < -0.39 is 12.2 Å². The van der Waals surface area contributed by atoms with Gasteiger partial charge in [-0.05, 0) is 30.9 Å². The molecule has 0 aromatic heterocycles. The van der Waals surface area contributed by atoms with Gasteiger partial charge in [0.05, 0.1) is 0 Å². The highest BCUT2D eigenvalue weighted by molar-refractivity contribution is 6.31. The second kappa shape index (κ2) is 6.26. The van der Waals surface area contributed by atoms with Gasteiger partial charge in [-0.3, -0.25) is 0 Å². The molecule has 0 saturated carbocycles. The first-order valence-corrected chi connectivity index (χ1v) is 5.85. The zero-order valence-corrected chi connectivity index (χ0v) is 10.1. The van der Waals surface area contributed by atoms with Crippen molar-refractivity contribution in [2.45, 2.75) is 37.9 Å². The van der Waals surface area contributed by atoms with Gasteiger partial charge < -0.3 is 5.73 Å². The fraction of sp³-hybridized carbons (Fsp3) is 0.500. The van der Waals surface area contributed by atoms with E-state index in [-0.39, 0.29) is 6.42 Å². The predicted octanol–water partition coefficient (Wildman–Crippen LogP) is 3.94. The summed E-state index contributed by atoms with van der Waals surface area (Å²) in [6, 6.07) is 5.63. The topological polar surface area (TPSA) is 26.0 Å². The summed E-state index contributed by atoms with van der Waals surface area (Å²) in [5.74, 6) is 0. The first-order valence-electron chi connectivity index (χ1n) is 5.47. The van der Waals surface area contributed by atoms with Gasteiger partial charge in [0.15, 0.2) is 0 Å². The van der Waals surface area contributed by atoms with Crippen LogP contribution in [0.15, 0.2) is 24.3 Å². The molecule has 0 fully saturated rings. The minimum Gasteiger partial charge on any atom is -0.320 e. The van der Waals surface area contributed by atoms with Crippen LogP contribution in [0.1, 0.15) is 24.8 Å². The van der Waals surface area contributed by atoms with Crippen LogP contribution in [0.5, 0.6) is 0 Å². The first-order chi connectivity index (χ1) is 7.91. The van der Waals surface area contributed by atoms with E-state index in [9.17, 15) is 13.2 Å². The molecule has 1 nitrogen and oxygen atoms in total. The van der Waals surface area contributed by atoms with E-state index in [0.29, 0.717) is 24.3 Å². The van der Waals surface area contributed by atoms with Crippen molar-refractivity contribution in [3.63, 3.8) is 0 Å². The molecular formula is C12H15ClF3N. The summed E-state index contributed by atoms with van der Waals surface area (Å²) in [4.78, 5) is 0. The molecule has 1 atom stereocenters. The lowest BCUT2D eigenvalue weighted by atomic mass is 10.0. The van der Waals surface area contributed by atoms with E-state index in [2.05, 4.69) is 0 Å². The van der Waals surface area contributed by atoms with Gasteiger partial charge in [0, 0.05) is 5.02 Å². The highest BCUT2D eigenvalue weighted by atomic mass is 35.5. The third kappa shape index (κ3) is 4.96. The van der Waals surface area contributed by atoms with Gasteiger partial charge in [0.2, 0.25) is 0 Å². The van der Waals surface area contributed by atoms with E-state index >= 15 is 0 Å². The fourth-order valence-corrected chi connectivity index (χ4v) is 1.77. The number of unbranched alkanes of at least 4 members (excludes halogenated alkanes) is 1. The lowest BCUT2D eigenvalue weighted by Gasteiger charge is -2.15. The molecule has 2 N–H and O–H groups in total. The fourth-order valence-electron chi connectivity index (χ4n) is 1.54. The molecule has 1 aromatic rings. The largest absolute Gasteiger partial charge is 0.403 e. The molecule has 0 radical (unpaired) electrons. The van der Waals surface area contributed by atoms with Crippen LogP contribution >= 0.6 is 11.6 Å². The standard InChI is InChI=1S/C12H15ClF3N/c13-10-7-3-1-5-9(10)6-2-4-8-11(17)12(14,15)16/h1,3,5,7,11H,2,4,6,8,17H2/t11-/m0/s1. The molecule has 96 valence electrons.